The molecule has 0 saturated heterocycles. The topological polar surface area (TPSA) is 70.2 Å². The minimum absolute atomic E-state index is 0.0157. The van der Waals surface area contributed by atoms with Crippen LogP contribution in [0.15, 0.2) is 24.3 Å². The van der Waals surface area contributed by atoms with Gasteiger partial charge in [-0.25, -0.2) is 4.79 Å². The van der Waals surface area contributed by atoms with Crippen molar-refractivity contribution < 1.29 is 9.59 Å². The molecule has 1 rings (SSSR count). The Morgan fingerprint density at radius 1 is 0.952 bits per heavy atom. The number of nitrogens with one attached hydrogen (secondary N) is 3. The summed E-state index contributed by atoms with van der Waals surface area (Å²) in [5.41, 5.74) is 1.42. The predicted octanol–water partition coefficient (Wildman–Crippen LogP) is 3.59. The molecular weight excluding hydrogens is 266 g/mol. The molecule has 0 fully saturated rings. The molecule has 116 valence electrons. The third-order valence-corrected chi connectivity index (χ3v) is 2.80. The Kier molecular flexibility index (Phi) is 6.72. The van der Waals surface area contributed by atoms with Crippen molar-refractivity contribution in [2.24, 2.45) is 5.92 Å². The first-order valence-corrected chi connectivity index (χ1v) is 7.34. The maximum absolute atomic E-state index is 11.7. The van der Waals surface area contributed by atoms with Crippen LogP contribution in [0.1, 0.15) is 40.5 Å². The van der Waals surface area contributed by atoms with Gasteiger partial charge in [-0.15, -0.1) is 0 Å². The molecule has 0 unspecified atom stereocenters. The summed E-state index contributed by atoms with van der Waals surface area (Å²) in [6, 6.07) is 6.93. The second kappa shape index (κ2) is 8.29. The first-order chi connectivity index (χ1) is 9.86. The second-order valence-electron chi connectivity index (χ2n) is 5.81. The average Bonchev–Trinajstić information content (AvgIpc) is 2.37. The van der Waals surface area contributed by atoms with E-state index in [1.807, 2.05) is 13.8 Å². The first-order valence-electron chi connectivity index (χ1n) is 7.34. The van der Waals surface area contributed by atoms with E-state index >= 15 is 0 Å². The van der Waals surface area contributed by atoms with Crippen molar-refractivity contribution >= 4 is 23.3 Å². The normalized spacial score (nSPS) is 10.6. The summed E-state index contributed by atoms with van der Waals surface area (Å²) < 4.78 is 0. The molecule has 0 saturated carbocycles. The first kappa shape index (κ1) is 17.0. The van der Waals surface area contributed by atoms with Crippen LogP contribution in [-0.4, -0.2) is 18.0 Å². The number of urea groups is 1. The Bertz CT molecular complexity index is 467. The van der Waals surface area contributed by atoms with Gasteiger partial charge >= 0.3 is 6.03 Å². The quantitative estimate of drug-likeness (QED) is 0.749. The third-order valence-electron chi connectivity index (χ3n) is 2.80. The van der Waals surface area contributed by atoms with Gasteiger partial charge in [-0.1, -0.05) is 13.8 Å². The SMILES string of the molecule is CC(C)CCC(=O)Nc1ccc(NC(=O)NC(C)C)cc1. The summed E-state index contributed by atoms with van der Waals surface area (Å²) in [5.74, 6) is 0.531. The van der Waals surface area contributed by atoms with E-state index in [4.69, 9.17) is 0 Å². The number of hydrogen-bond acceptors (Lipinski definition) is 2. The summed E-state index contributed by atoms with van der Waals surface area (Å²) >= 11 is 0. The number of anilines is 2. The summed E-state index contributed by atoms with van der Waals surface area (Å²) in [7, 11) is 0. The van der Waals surface area contributed by atoms with Gasteiger partial charge in [-0.05, 0) is 50.5 Å². The van der Waals surface area contributed by atoms with Gasteiger partial charge < -0.3 is 16.0 Å². The molecule has 0 aliphatic heterocycles. The van der Waals surface area contributed by atoms with Gasteiger partial charge in [0.1, 0.15) is 0 Å². The molecule has 3 N–H and O–H groups in total. The van der Waals surface area contributed by atoms with Crippen LogP contribution in [0.4, 0.5) is 16.2 Å². The molecule has 0 aliphatic carbocycles. The van der Waals surface area contributed by atoms with Crippen molar-refractivity contribution in [2.75, 3.05) is 10.6 Å². The van der Waals surface area contributed by atoms with E-state index in [1.54, 1.807) is 24.3 Å². The Hall–Kier alpha value is -2.04. The highest BCUT2D eigenvalue weighted by atomic mass is 16.2. The highest BCUT2D eigenvalue weighted by Crippen LogP contribution is 2.14. The fourth-order valence-electron chi connectivity index (χ4n) is 1.71. The van der Waals surface area contributed by atoms with Crippen molar-refractivity contribution in [3.63, 3.8) is 0 Å². The van der Waals surface area contributed by atoms with Crippen molar-refractivity contribution in [2.45, 2.75) is 46.6 Å². The zero-order valence-electron chi connectivity index (χ0n) is 13.2. The van der Waals surface area contributed by atoms with E-state index in [2.05, 4.69) is 29.8 Å². The molecule has 5 heteroatoms. The molecule has 21 heavy (non-hydrogen) atoms. The lowest BCUT2D eigenvalue weighted by atomic mass is 10.1. The van der Waals surface area contributed by atoms with Gasteiger partial charge in [0.15, 0.2) is 0 Å². The van der Waals surface area contributed by atoms with Gasteiger partial charge in [0.2, 0.25) is 5.91 Å². The van der Waals surface area contributed by atoms with Crippen molar-refractivity contribution in [3.8, 4) is 0 Å². The molecule has 1 aromatic carbocycles. The molecule has 0 aromatic heterocycles. The van der Waals surface area contributed by atoms with Crippen molar-refractivity contribution in [3.05, 3.63) is 24.3 Å². The minimum Gasteiger partial charge on any atom is -0.336 e. The largest absolute Gasteiger partial charge is 0.336 e. The van der Waals surface area contributed by atoms with Gasteiger partial charge in [-0.3, -0.25) is 4.79 Å². The summed E-state index contributed by atoms with van der Waals surface area (Å²) in [6.07, 6.45) is 1.40. The van der Waals surface area contributed by atoms with E-state index in [0.29, 0.717) is 18.0 Å². The molecule has 3 amide bonds. The Labute approximate surface area is 126 Å². The lowest BCUT2D eigenvalue weighted by Gasteiger charge is -2.11. The third kappa shape index (κ3) is 7.34. The van der Waals surface area contributed by atoms with Crippen molar-refractivity contribution in [1.82, 2.24) is 5.32 Å². The highest BCUT2D eigenvalue weighted by Gasteiger charge is 2.05. The summed E-state index contributed by atoms with van der Waals surface area (Å²) in [6.45, 7) is 7.98. The second-order valence-corrected chi connectivity index (χ2v) is 5.81. The minimum atomic E-state index is -0.237. The van der Waals surface area contributed by atoms with Crippen LogP contribution in [-0.2, 0) is 4.79 Å². The number of carbonyl (C=O) groups is 2. The van der Waals surface area contributed by atoms with Crippen LogP contribution >= 0.6 is 0 Å². The Morgan fingerprint density at radius 3 is 1.95 bits per heavy atom. The summed E-state index contributed by atoms with van der Waals surface area (Å²) in [4.78, 5) is 23.3. The average molecular weight is 291 g/mol. The molecule has 0 heterocycles. The predicted molar refractivity (Wildman–Crippen MR) is 86.4 cm³/mol. The monoisotopic (exact) mass is 291 g/mol. The maximum atomic E-state index is 11.7. The number of carbonyl (C=O) groups excluding carboxylic acids is 2. The van der Waals surface area contributed by atoms with Crippen LogP contribution in [0.2, 0.25) is 0 Å². The van der Waals surface area contributed by atoms with Gasteiger partial charge in [-0.2, -0.15) is 0 Å². The number of rotatable bonds is 6. The van der Waals surface area contributed by atoms with E-state index in [9.17, 15) is 9.59 Å². The van der Waals surface area contributed by atoms with Crippen LogP contribution in [0.5, 0.6) is 0 Å². The van der Waals surface area contributed by atoms with Crippen LogP contribution in [0.3, 0.4) is 0 Å². The van der Waals surface area contributed by atoms with Gasteiger partial charge in [0.05, 0.1) is 0 Å². The lowest BCUT2D eigenvalue weighted by Crippen LogP contribution is -2.34. The molecule has 0 spiro atoms. The van der Waals surface area contributed by atoms with Crippen LogP contribution in [0.25, 0.3) is 0 Å². The molecule has 1 aromatic rings. The fourth-order valence-corrected chi connectivity index (χ4v) is 1.71. The fraction of sp³-hybridized carbons (Fsp3) is 0.500. The van der Waals surface area contributed by atoms with Crippen molar-refractivity contribution in [1.29, 1.82) is 0 Å². The van der Waals surface area contributed by atoms with E-state index < -0.39 is 0 Å². The standard InChI is InChI=1S/C16H25N3O2/c1-11(2)5-10-15(20)18-13-6-8-14(9-7-13)19-16(21)17-12(3)4/h6-9,11-12H,5,10H2,1-4H3,(H,18,20)(H2,17,19,21). The molecule has 0 atom stereocenters. The molecular formula is C16H25N3O2. The Balaban J connectivity index is 2.46. The highest BCUT2D eigenvalue weighted by molar-refractivity contribution is 5.92. The van der Waals surface area contributed by atoms with Crippen LogP contribution < -0.4 is 16.0 Å². The van der Waals surface area contributed by atoms with E-state index in [0.717, 1.165) is 12.1 Å². The smallest absolute Gasteiger partial charge is 0.319 e. The number of benzene rings is 1. The maximum Gasteiger partial charge on any atom is 0.319 e. The number of hydrogen-bond donors (Lipinski definition) is 3. The van der Waals surface area contributed by atoms with E-state index in [-0.39, 0.29) is 18.0 Å². The lowest BCUT2D eigenvalue weighted by molar-refractivity contribution is -0.116. The van der Waals surface area contributed by atoms with Gasteiger partial charge in [0.25, 0.3) is 0 Å². The zero-order chi connectivity index (χ0) is 15.8. The molecule has 5 nitrogen and oxygen atoms in total. The van der Waals surface area contributed by atoms with E-state index in [1.165, 1.54) is 0 Å². The molecule has 0 aliphatic rings. The Morgan fingerprint density at radius 2 is 1.48 bits per heavy atom. The van der Waals surface area contributed by atoms with Crippen LogP contribution in [0, 0.1) is 5.92 Å². The number of amides is 3. The molecule has 0 radical (unpaired) electrons. The van der Waals surface area contributed by atoms with Gasteiger partial charge in [0, 0.05) is 23.8 Å². The molecule has 0 bridgehead atoms. The zero-order valence-corrected chi connectivity index (χ0v) is 13.2. The summed E-state index contributed by atoms with van der Waals surface area (Å²) in [5, 5.41) is 8.32.